The lowest BCUT2D eigenvalue weighted by atomic mass is 10.0. The molecule has 26 heavy (non-hydrogen) atoms. The molecule has 1 aliphatic rings. The van der Waals surface area contributed by atoms with Crippen LogP contribution in [0.15, 0.2) is 18.2 Å². The number of benzene rings is 1. The van der Waals surface area contributed by atoms with E-state index in [-0.39, 0.29) is 17.0 Å². The molecule has 1 atom stereocenters. The molecule has 1 saturated heterocycles. The van der Waals surface area contributed by atoms with Crippen LogP contribution in [0.25, 0.3) is 0 Å². The predicted octanol–water partition coefficient (Wildman–Crippen LogP) is 1.99. The third-order valence-electron chi connectivity index (χ3n) is 4.24. The van der Waals surface area contributed by atoms with E-state index in [1.54, 1.807) is 6.92 Å². The third kappa shape index (κ3) is 5.01. The lowest BCUT2D eigenvalue weighted by Gasteiger charge is -2.33. The maximum Gasteiger partial charge on any atom is 0.307 e. The Morgan fingerprint density at radius 2 is 2.08 bits per heavy atom. The maximum absolute atomic E-state index is 13.9. The van der Waals surface area contributed by atoms with E-state index in [1.165, 1.54) is 16.4 Å². The molecule has 0 aliphatic carbocycles. The van der Waals surface area contributed by atoms with Gasteiger partial charge in [-0.15, -0.1) is 0 Å². The number of amides is 1. The molecule has 1 aromatic carbocycles. The van der Waals surface area contributed by atoms with Gasteiger partial charge in [0.25, 0.3) is 0 Å². The smallest absolute Gasteiger partial charge is 0.307 e. The minimum Gasteiger partial charge on any atom is -0.481 e. The van der Waals surface area contributed by atoms with Gasteiger partial charge in [-0.2, -0.15) is 4.31 Å². The fourth-order valence-corrected chi connectivity index (χ4v) is 4.78. The molecule has 0 spiro atoms. The van der Waals surface area contributed by atoms with Crippen LogP contribution in [-0.4, -0.2) is 48.0 Å². The zero-order valence-electron chi connectivity index (χ0n) is 14.6. The summed E-state index contributed by atoms with van der Waals surface area (Å²) in [4.78, 5) is 23.2. The van der Waals surface area contributed by atoms with Gasteiger partial charge in [0, 0.05) is 12.2 Å². The van der Waals surface area contributed by atoms with Crippen molar-refractivity contribution in [3.05, 3.63) is 29.6 Å². The monoisotopic (exact) mass is 386 g/mol. The number of carboxylic acids is 1. The first-order valence-corrected chi connectivity index (χ1v) is 10.2. The molecule has 7 nitrogen and oxygen atoms in total. The number of aliphatic carboxylic acids is 1. The highest BCUT2D eigenvalue weighted by atomic mass is 32.2. The first kappa shape index (κ1) is 20.3. The van der Waals surface area contributed by atoms with Gasteiger partial charge in [0.05, 0.1) is 12.2 Å². The van der Waals surface area contributed by atoms with E-state index in [1.807, 2.05) is 0 Å². The molecule has 1 amide bonds. The molecular formula is C17H23FN2O5S. The van der Waals surface area contributed by atoms with Gasteiger partial charge >= 0.3 is 5.97 Å². The summed E-state index contributed by atoms with van der Waals surface area (Å²) in [5.74, 6) is -2.41. The molecule has 0 bridgehead atoms. The molecule has 1 aliphatic heterocycles. The molecule has 2 N–H and O–H groups in total. The topological polar surface area (TPSA) is 104 Å². The Labute approximate surface area is 152 Å². The summed E-state index contributed by atoms with van der Waals surface area (Å²) in [5, 5.41) is 11.3. The number of carboxylic acid groups (broad SMARTS) is 1. The number of carbonyl (C=O) groups excluding carboxylic acids is 1. The molecule has 1 heterocycles. The molecule has 0 radical (unpaired) electrons. The largest absolute Gasteiger partial charge is 0.481 e. The zero-order valence-corrected chi connectivity index (χ0v) is 15.4. The van der Waals surface area contributed by atoms with Crippen LogP contribution in [0.5, 0.6) is 0 Å². The van der Waals surface area contributed by atoms with Gasteiger partial charge in [0.1, 0.15) is 11.9 Å². The van der Waals surface area contributed by atoms with Crippen molar-refractivity contribution in [2.75, 3.05) is 17.6 Å². The van der Waals surface area contributed by atoms with E-state index in [2.05, 4.69) is 5.32 Å². The van der Waals surface area contributed by atoms with Crippen molar-refractivity contribution in [1.82, 2.24) is 4.31 Å². The van der Waals surface area contributed by atoms with Gasteiger partial charge in [-0.3, -0.25) is 9.59 Å². The number of nitrogens with zero attached hydrogens (tertiary/aromatic N) is 1. The Morgan fingerprint density at radius 3 is 2.69 bits per heavy atom. The first-order valence-electron chi connectivity index (χ1n) is 8.55. The van der Waals surface area contributed by atoms with Gasteiger partial charge in [-0.1, -0.05) is 19.4 Å². The molecule has 1 aromatic rings. The van der Waals surface area contributed by atoms with Gasteiger partial charge in [-0.05, 0) is 37.0 Å². The van der Waals surface area contributed by atoms with Crippen LogP contribution in [-0.2, 0) is 26.0 Å². The number of carbonyl (C=O) groups is 2. The lowest BCUT2D eigenvalue weighted by molar-refractivity contribution is -0.136. The maximum atomic E-state index is 13.9. The van der Waals surface area contributed by atoms with Crippen molar-refractivity contribution < 1.29 is 27.5 Å². The Balaban J connectivity index is 2.14. The molecule has 2 rings (SSSR count). The number of halogens is 1. The second kappa shape index (κ2) is 8.59. The van der Waals surface area contributed by atoms with Gasteiger partial charge < -0.3 is 10.4 Å². The van der Waals surface area contributed by atoms with Crippen molar-refractivity contribution in [3.63, 3.8) is 0 Å². The van der Waals surface area contributed by atoms with E-state index in [9.17, 15) is 22.4 Å². The summed E-state index contributed by atoms with van der Waals surface area (Å²) in [5.41, 5.74) is 0.181. The van der Waals surface area contributed by atoms with Crippen molar-refractivity contribution in [1.29, 1.82) is 0 Å². The van der Waals surface area contributed by atoms with Crippen molar-refractivity contribution in [2.45, 2.75) is 45.1 Å². The van der Waals surface area contributed by atoms with Crippen LogP contribution in [0.4, 0.5) is 10.1 Å². The van der Waals surface area contributed by atoms with Crippen molar-refractivity contribution in [2.24, 2.45) is 0 Å². The number of rotatable bonds is 7. The van der Waals surface area contributed by atoms with Crippen LogP contribution in [0.3, 0.4) is 0 Å². The number of nitrogens with one attached hydrogen (secondary N) is 1. The first-order chi connectivity index (χ1) is 12.2. The van der Waals surface area contributed by atoms with Crippen LogP contribution < -0.4 is 5.32 Å². The SMILES string of the molecule is CCCS(=O)(=O)N1CCCCC1C(=O)Nc1ccc(CC(=O)O)c(F)c1. The quantitative estimate of drug-likeness (QED) is 0.746. The van der Waals surface area contributed by atoms with E-state index < -0.39 is 40.2 Å². The van der Waals surface area contributed by atoms with E-state index in [0.717, 1.165) is 12.5 Å². The average molecular weight is 386 g/mol. The summed E-state index contributed by atoms with van der Waals surface area (Å²) in [7, 11) is -3.52. The number of piperidine rings is 1. The average Bonchev–Trinajstić information content (AvgIpc) is 2.57. The number of sulfonamides is 1. The third-order valence-corrected chi connectivity index (χ3v) is 6.31. The molecule has 1 fully saturated rings. The number of hydrogen-bond donors (Lipinski definition) is 2. The predicted molar refractivity (Wildman–Crippen MR) is 94.8 cm³/mol. The molecule has 9 heteroatoms. The summed E-state index contributed by atoms with van der Waals surface area (Å²) < 4.78 is 40.0. The highest BCUT2D eigenvalue weighted by Crippen LogP contribution is 2.23. The second-order valence-electron chi connectivity index (χ2n) is 6.30. The summed E-state index contributed by atoms with van der Waals surface area (Å²) in [6.45, 7) is 2.06. The fourth-order valence-electron chi connectivity index (χ4n) is 3.03. The van der Waals surface area contributed by atoms with Crippen LogP contribution in [0.2, 0.25) is 0 Å². The highest BCUT2D eigenvalue weighted by molar-refractivity contribution is 7.89. The van der Waals surface area contributed by atoms with Crippen molar-refractivity contribution >= 4 is 27.6 Å². The van der Waals surface area contributed by atoms with Crippen molar-refractivity contribution in [3.8, 4) is 0 Å². The molecule has 144 valence electrons. The molecular weight excluding hydrogens is 363 g/mol. The molecule has 0 aromatic heterocycles. The minimum atomic E-state index is -3.52. The summed E-state index contributed by atoms with van der Waals surface area (Å²) in [6, 6.07) is 2.93. The van der Waals surface area contributed by atoms with Gasteiger partial charge in [-0.25, -0.2) is 12.8 Å². The van der Waals surface area contributed by atoms with E-state index in [4.69, 9.17) is 5.11 Å². The number of anilines is 1. The van der Waals surface area contributed by atoms with Crippen LogP contribution in [0.1, 0.15) is 38.2 Å². The van der Waals surface area contributed by atoms with Crippen LogP contribution >= 0.6 is 0 Å². The van der Waals surface area contributed by atoms with Gasteiger partial charge in [0.2, 0.25) is 15.9 Å². The van der Waals surface area contributed by atoms with E-state index >= 15 is 0 Å². The van der Waals surface area contributed by atoms with Gasteiger partial charge in [0.15, 0.2) is 0 Å². The zero-order chi connectivity index (χ0) is 19.3. The Bertz CT molecular complexity index is 781. The van der Waals surface area contributed by atoms with E-state index in [0.29, 0.717) is 25.8 Å². The molecule has 0 saturated carbocycles. The molecule has 1 unspecified atom stereocenters. The standard InChI is InChI=1S/C17H23FN2O5S/c1-2-9-26(24,25)20-8-4-3-5-15(20)17(23)19-13-7-6-12(10-16(21)22)14(18)11-13/h6-7,11,15H,2-5,8-10H2,1H3,(H,19,23)(H,21,22). The second-order valence-corrected chi connectivity index (χ2v) is 8.35. The lowest BCUT2D eigenvalue weighted by Crippen LogP contribution is -2.50. The summed E-state index contributed by atoms with van der Waals surface area (Å²) in [6.07, 6.45) is 1.86. The Kier molecular flexibility index (Phi) is 6.71. The Hall–Kier alpha value is -2.00. The number of hydrogen-bond acceptors (Lipinski definition) is 4. The summed E-state index contributed by atoms with van der Waals surface area (Å²) >= 11 is 0. The Morgan fingerprint density at radius 1 is 1.35 bits per heavy atom. The van der Waals surface area contributed by atoms with Crippen LogP contribution in [0, 0.1) is 5.82 Å². The minimum absolute atomic E-state index is 0.0142. The fraction of sp³-hybridized carbons (Fsp3) is 0.529. The normalized spacial score (nSPS) is 18.5. The highest BCUT2D eigenvalue weighted by Gasteiger charge is 2.36.